The Hall–Kier alpha value is -1.28. The van der Waals surface area contributed by atoms with E-state index in [2.05, 4.69) is 53.9 Å². The van der Waals surface area contributed by atoms with Gasteiger partial charge in [-0.2, -0.15) is 0 Å². The summed E-state index contributed by atoms with van der Waals surface area (Å²) in [6.45, 7) is 4.54. The SMILES string of the molecule is Cc1ccc2c(ccn2CC2CCCN2C)c1. The zero-order valence-corrected chi connectivity index (χ0v) is 10.7. The van der Waals surface area contributed by atoms with E-state index < -0.39 is 0 Å². The first-order valence-corrected chi connectivity index (χ1v) is 6.50. The summed E-state index contributed by atoms with van der Waals surface area (Å²) in [6, 6.07) is 9.67. The van der Waals surface area contributed by atoms with E-state index in [-0.39, 0.29) is 0 Å². The molecule has 1 aliphatic heterocycles. The average molecular weight is 228 g/mol. The molecule has 3 rings (SSSR count). The molecule has 0 N–H and O–H groups in total. The Labute approximate surface area is 103 Å². The van der Waals surface area contributed by atoms with Crippen LogP contribution in [0.5, 0.6) is 0 Å². The Bertz CT molecular complexity index is 527. The van der Waals surface area contributed by atoms with Crippen LogP contribution in [-0.2, 0) is 6.54 Å². The van der Waals surface area contributed by atoms with Crippen LogP contribution in [0.25, 0.3) is 10.9 Å². The number of benzene rings is 1. The number of hydrogen-bond acceptors (Lipinski definition) is 1. The number of rotatable bonds is 2. The molecule has 1 aromatic heterocycles. The van der Waals surface area contributed by atoms with Gasteiger partial charge >= 0.3 is 0 Å². The fourth-order valence-corrected chi connectivity index (χ4v) is 2.92. The third-order valence-corrected chi connectivity index (χ3v) is 4.01. The van der Waals surface area contributed by atoms with E-state index in [1.54, 1.807) is 0 Å². The number of nitrogens with zero attached hydrogens (tertiary/aromatic N) is 2. The summed E-state index contributed by atoms with van der Waals surface area (Å²) >= 11 is 0. The lowest BCUT2D eigenvalue weighted by atomic mass is 10.2. The third kappa shape index (κ3) is 1.98. The molecule has 1 aliphatic rings. The van der Waals surface area contributed by atoms with Crippen LogP contribution in [0.15, 0.2) is 30.5 Å². The largest absolute Gasteiger partial charge is 0.346 e. The molecule has 90 valence electrons. The summed E-state index contributed by atoms with van der Waals surface area (Å²) in [5, 5.41) is 1.37. The quantitative estimate of drug-likeness (QED) is 0.767. The van der Waals surface area contributed by atoms with Gasteiger partial charge in [0, 0.05) is 24.3 Å². The maximum atomic E-state index is 2.49. The lowest BCUT2D eigenvalue weighted by Crippen LogP contribution is -2.28. The molecule has 1 atom stereocenters. The minimum atomic E-state index is 0.715. The molecule has 0 amide bonds. The number of aromatic nitrogens is 1. The molecule has 2 heteroatoms. The van der Waals surface area contributed by atoms with E-state index in [1.807, 2.05) is 0 Å². The summed E-state index contributed by atoms with van der Waals surface area (Å²) < 4.78 is 2.40. The van der Waals surface area contributed by atoms with Gasteiger partial charge in [0.25, 0.3) is 0 Å². The zero-order chi connectivity index (χ0) is 11.8. The first-order valence-electron chi connectivity index (χ1n) is 6.50. The number of hydrogen-bond donors (Lipinski definition) is 0. The van der Waals surface area contributed by atoms with Crippen LogP contribution in [-0.4, -0.2) is 29.1 Å². The van der Waals surface area contributed by atoms with Crippen molar-refractivity contribution in [3.05, 3.63) is 36.0 Å². The highest BCUT2D eigenvalue weighted by Crippen LogP contribution is 2.21. The fraction of sp³-hybridized carbons (Fsp3) is 0.467. The molecular formula is C15H20N2. The van der Waals surface area contributed by atoms with Crippen molar-refractivity contribution in [3.63, 3.8) is 0 Å². The van der Waals surface area contributed by atoms with Crippen molar-refractivity contribution in [3.8, 4) is 0 Å². The predicted molar refractivity (Wildman–Crippen MR) is 72.3 cm³/mol. The molecule has 2 heterocycles. The van der Waals surface area contributed by atoms with E-state index >= 15 is 0 Å². The second kappa shape index (κ2) is 4.19. The first kappa shape index (κ1) is 10.8. The minimum absolute atomic E-state index is 0.715. The van der Waals surface area contributed by atoms with Gasteiger partial charge in [-0.05, 0) is 56.9 Å². The second-order valence-corrected chi connectivity index (χ2v) is 5.31. The Morgan fingerprint density at radius 2 is 2.18 bits per heavy atom. The molecule has 1 aromatic carbocycles. The Morgan fingerprint density at radius 3 is 2.94 bits per heavy atom. The van der Waals surface area contributed by atoms with E-state index in [0.717, 1.165) is 6.54 Å². The topological polar surface area (TPSA) is 8.17 Å². The number of fused-ring (bicyclic) bond motifs is 1. The Kier molecular flexibility index (Phi) is 2.67. The van der Waals surface area contributed by atoms with Crippen molar-refractivity contribution in [2.24, 2.45) is 0 Å². The Morgan fingerprint density at radius 1 is 1.29 bits per heavy atom. The van der Waals surface area contributed by atoms with Crippen LogP contribution < -0.4 is 0 Å². The Balaban J connectivity index is 1.90. The lowest BCUT2D eigenvalue weighted by molar-refractivity contribution is 0.284. The smallest absolute Gasteiger partial charge is 0.0480 e. The fourth-order valence-electron chi connectivity index (χ4n) is 2.92. The molecule has 0 radical (unpaired) electrons. The molecule has 0 bridgehead atoms. The van der Waals surface area contributed by atoms with Crippen LogP contribution in [0.1, 0.15) is 18.4 Å². The van der Waals surface area contributed by atoms with E-state index in [4.69, 9.17) is 0 Å². The van der Waals surface area contributed by atoms with Gasteiger partial charge in [0.2, 0.25) is 0 Å². The normalized spacial score (nSPS) is 21.4. The van der Waals surface area contributed by atoms with Gasteiger partial charge in [0.15, 0.2) is 0 Å². The van der Waals surface area contributed by atoms with Crippen molar-refractivity contribution < 1.29 is 0 Å². The zero-order valence-electron chi connectivity index (χ0n) is 10.7. The maximum Gasteiger partial charge on any atom is 0.0480 e. The highest BCUT2D eigenvalue weighted by Gasteiger charge is 2.21. The number of aryl methyl sites for hydroxylation is 1. The minimum Gasteiger partial charge on any atom is -0.346 e. The van der Waals surface area contributed by atoms with Gasteiger partial charge in [-0.3, -0.25) is 0 Å². The van der Waals surface area contributed by atoms with Gasteiger partial charge < -0.3 is 9.47 Å². The predicted octanol–water partition coefficient (Wildman–Crippen LogP) is 3.04. The summed E-state index contributed by atoms with van der Waals surface area (Å²) in [6.07, 6.45) is 4.91. The van der Waals surface area contributed by atoms with Crippen LogP contribution >= 0.6 is 0 Å². The molecule has 1 unspecified atom stereocenters. The molecule has 0 spiro atoms. The monoisotopic (exact) mass is 228 g/mol. The standard InChI is InChI=1S/C15H20N2/c1-12-5-6-15-13(10-12)7-9-17(15)11-14-4-3-8-16(14)2/h5-7,9-10,14H,3-4,8,11H2,1-2H3. The summed E-state index contributed by atoms with van der Waals surface area (Å²) in [4.78, 5) is 2.49. The second-order valence-electron chi connectivity index (χ2n) is 5.31. The van der Waals surface area contributed by atoms with Crippen molar-refractivity contribution >= 4 is 10.9 Å². The van der Waals surface area contributed by atoms with Crippen molar-refractivity contribution in [1.82, 2.24) is 9.47 Å². The van der Waals surface area contributed by atoms with E-state index in [9.17, 15) is 0 Å². The van der Waals surface area contributed by atoms with E-state index in [0.29, 0.717) is 6.04 Å². The summed E-state index contributed by atoms with van der Waals surface area (Å²) in [7, 11) is 2.24. The molecule has 1 saturated heterocycles. The molecule has 2 aromatic rings. The highest BCUT2D eigenvalue weighted by atomic mass is 15.2. The van der Waals surface area contributed by atoms with Crippen LogP contribution in [0.3, 0.4) is 0 Å². The number of likely N-dealkylation sites (tertiary alicyclic amines) is 1. The maximum absolute atomic E-state index is 2.49. The van der Waals surface area contributed by atoms with E-state index in [1.165, 1.54) is 35.9 Å². The molecular weight excluding hydrogens is 208 g/mol. The lowest BCUT2D eigenvalue weighted by Gasteiger charge is -2.20. The summed E-state index contributed by atoms with van der Waals surface area (Å²) in [5.41, 5.74) is 2.71. The van der Waals surface area contributed by atoms with Crippen molar-refractivity contribution in [1.29, 1.82) is 0 Å². The number of likely N-dealkylation sites (N-methyl/N-ethyl adjacent to an activating group) is 1. The van der Waals surface area contributed by atoms with Gasteiger partial charge in [-0.25, -0.2) is 0 Å². The average Bonchev–Trinajstić information content (AvgIpc) is 2.87. The molecule has 2 nitrogen and oxygen atoms in total. The molecule has 1 fully saturated rings. The van der Waals surface area contributed by atoms with Crippen molar-refractivity contribution in [2.45, 2.75) is 32.4 Å². The van der Waals surface area contributed by atoms with Crippen molar-refractivity contribution in [2.75, 3.05) is 13.6 Å². The molecule has 0 saturated carbocycles. The van der Waals surface area contributed by atoms with Gasteiger partial charge in [-0.15, -0.1) is 0 Å². The van der Waals surface area contributed by atoms with Gasteiger partial charge in [0.05, 0.1) is 0 Å². The first-order chi connectivity index (χ1) is 8.24. The van der Waals surface area contributed by atoms with Crippen LogP contribution in [0.2, 0.25) is 0 Å². The van der Waals surface area contributed by atoms with Crippen LogP contribution in [0, 0.1) is 6.92 Å². The van der Waals surface area contributed by atoms with Crippen LogP contribution in [0.4, 0.5) is 0 Å². The molecule has 17 heavy (non-hydrogen) atoms. The molecule has 0 aliphatic carbocycles. The third-order valence-electron chi connectivity index (χ3n) is 4.01. The summed E-state index contributed by atoms with van der Waals surface area (Å²) in [5.74, 6) is 0. The van der Waals surface area contributed by atoms with Gasteiger partial charge in [0.1, 0.15) is 0 Å². The highest BCUT2D eigenvalue weighted by molar-refractivity contribution is 5.80. The van der Waals surface area contributed by atoms with Gasteiger partial charge in [-0.1, -0.05) is 11.6 Å².